The molecule has 8 nitrogen and oxygen atoms in total. The van der Waals surface area contributed by atoms with Crippen LogP contribution in [0.15, 0.2) is 65.7 Å². The number of carbonyl (C=O) groups excluding carboxylic acids is 1. The van der Waals surface area contributed by atoms with Gasteiger partial charge in [-0.05, 0) is 50.2 Å². The van der Waals surface area contributed by atoms with E-state index in [1.165, 1.54) is 34.8 Å². The van der Waals surface area contributed by atoms with E-state index in [9.17, 15) is 14.0 Å². The highest BCUT2D eigenvalue weighted by atomic mass is 19.1. The first-order chi connectivity index (χ1) is 14.9. The number of para-hydroxylation sites is 2. The van der Waals surface area contributed by atoms with Crippen LogP contribution >= 0.6 is 0 Å². The highest BCUT2D eigenvalue weighted by Gasteiger charge is 2.13. The summed E-state index contributed by atoms with van der Waals surface area (Å²) in [5.74, 6) is -0.114. The molecule has 31 heavy (non-hydrogen) atoms. The summed E-state index contributed by atoms with van der Waals surface area (Å²) in [6, 6.07) is 13.6. The third-order valence-electron chi connectivity index (χ3n) is 4.60. The Morgan fingerprint density at radius 2 is 1.90 bits per heavy atom. The molecule has 1 amide bonds. The third kappa shape index (κ3) is 4.30. The van der Waals surface area contributed by atoms with Crippen molar-refractivity contribution in [3.05, 3.63) is 88.4 Å². The SMILES string of the molecule is CC(C)n1cnc2nc(COc3ccccc3NC(=O)c3ccc(F)cc3)cc(=O)n21. The van der Waals surface area contributed by atoms with Crippen LogP contribution < -0.4 is 15.6 Å². The molecular formula is C22H20FN5O3. The molecule has 0 radical (unpaired) electrons. The average molecular weight is 421 g/mol. The van der Waals surface area contributed by atoms with Crippen molar-refractivity contribution < 1.29 is 13.9 Å². The smallest absolute Gasteiger partial charge is 0.274 e. The van der Waals surface area contributed by atoms with Crippen molar-refractivity contribution in [2.24, 2.45) is 0 Å². The lowest BCUT2D eigenvalue weighted by atomic mass is 10.2. The molecule has 0 unspecified atom stereocenters. The van der Waals surface area contributed by atoms with Gasteiger partial charge in [0.2, 0.25) is 0 Å². The van der Waals surface area contributed by atoms with E-state index in [1.54, 1.807) is 35.3 Å². The van der Waals surface area contributed by atoms with Crippen LogP contribution in [0, 0.1) is 5.82 Å². The fraction of sp³-hybridized carbons (Fsp3) is 0.182. The number of carbonyl (C=O) groups is 1. The summed E-state index contributed by atoms with van der Waals surface area (Å²) in [7, 11) is 0. The number of amides is 1. The van der Waals surface area contributed by atoms with Gasteiger partial charge >= 0.3 is 0 Å². The number of ether oxygens (including phenoxy) is 1. The van der Waals surface area contributed by atoms with Crippen LogP contribution in [0.3, 0.4) is 0 Å². The van der Waals surface area contributed by atoms with E-state index in [0.717, 1.165) is 0 Å². The van der Waals surface area contributed by atoms with Gasteiger partial charge in [-0.2, -0.15) is 9.50 Å². The summed E-state index contributed by atoms with van der Waals surface area (Å²) >= 11 is 0. The van der Waals surface area contributed by atoms with Crippen LogP contribution in [0.2, 0.25) is 0 Å². The molecule has 0 saturated carbocycles. The number of benzene rings is 2. The lowest BCUT2D eigenvalue weighted by Crippen LogP contribution is -2.23. The number of fused-ring (bicyclic) bond motifs is 1. The van der Waals surface area contributed by atoms with Gasteiger partial charge in [-0.15, -0.1) is 0 Å². The van der Waals surface area contributed by atoms with Crippen molar-refractivity contribution in [3.8, 4) is 5.75 Å². The number of anilines is 1. The maximum absolute atomic E-state index is 13.1. The Labute approximate surface area is 176 Å². The molecule has 0 aliphatic carbocycles. The molecule has 0 saturated heterocycles. The number of hydrogen-bond donors (Lipinski definition) is 1. The Morgan fingerprint density at radius 1 is 1.16 bits per heavy atom. The second kappa shape index (κ2) is 8.39. The van der Waals surface area contributed by atoms with Gasteiger partial charge in [0, 0.05) is 17.7 Å². The lowest BCUT2D eigenvalue weighted by molar-refractivity contribution is 0.102. The summed E-state index contributed by atoms with van der Waals surface area (Å²) in [6.07, 6.45) is 1.57. The quantitative estimate of drug-likeness (QED) is 0.515. The molecule has 0 bridgehead atoms. The highest BCUT2D eigenvalue weighted by molar-refractivity contribution is 6.04. The fourth-order valence-corrected chi connectivity index (χ4v) is 3.05. The van der Waals surface area contributed by atoms with Crippen molar-refractivity contribution in [1.82, 2.24) is 19.2 Å². The standard InChI is InChI=1S/C22H20FN5O3/c1-14(2)27-13-24-22-25-17(11-20(29)28(22)27)12-31-19-6-4-3-5-18(19)26-21(30)15-7-9-16(23)10-8-15/h3-11,13-14H,12H2,1-2H3,(H,26,30). The molecule has 0 aliphatic heterocycles. The van der Waals surface area contributed by atoms with Crippen LogP contribution in [0.1, 0.15) is 35.9 Å². The predicted octanol–water partition coefficient (Wildman–Crippen LogP) is 3.44. The number of rotatable bonds is 6. The summed E-state index contributed by atoms with van der Waals surface area (Å²) in [4.78, 5) is 33.5. The predicted molar refractivity (Wildman–Crippen MR) is 113 cm³/mol. The number of halogens is 1. The summed E-state index contributed by atoms with van der Waals surface area (Å²) in [5.41, 5.74) is 0.919. The van der Waals surface area contributed by atoms with Crippen LogP contribution in [0.25, 0.3) is 5.78 Å². The molecule has 4 aromatic rings. The van der Waals surface area contributed by atoms with Gasteiger partial charge in [0.15, 0.2) is 0 Å². The van der Waals surface area contributed by atoms with Crippen molar-refractivity contribution in [2.45, 2.75) is 26.5 Å². The molecule has 9 heteroatoms. The van der Waals surface area contributed by atoms with Crippen molar-refractivity contribution in [2.75, 3.05) is 5.32 Å². The molecule has 0 atom stereocenters. The molecule has 4 rings (SSSR count). The summed E-state index contributed by atoms with van der Waals surface area (Å²) in [5, 5.41) is 2.75. The number of aromatic nitrogens is 4. The molecule has 158 valence electrons. The molecular weight excluding hydrogens is 401 g/mol. The summed E-state index contributed by atoms with van der Waals surface area (Å²) in [6.45, 7) is 3.91. The van der Waals surface area contributed by atoms with Gasteiger partial charge in [-0.25, -0.2) is 9.37 Å². The zero-order chi connectivity index (χ0) is 22.0. The topological polar surface area (TPSA) is 90.5 Å². The Balaban J connectivity index is 1.52. The van der Waals surface area contributed by atoms with Gasteiger partial charge in [0.1, 0.15) is 24.5 Å². The molecule has 2 heterocycles. The van der Waals surface area contributed by atoms with E-state index >= 15 is 0 Å². The highest BCUT2D eigenvalue weighted by Crippen LogP contribution is 2.25. The van der Waals surface area contributed by atoms with Gasteiger partial charge in [0.25, 0.3) is 17.2 Å². The number of hydrogen-bond acceptors (Lipinski definition) is 5. The minimum absolute atomic E-state index is 0.0176. The van der Waals surface area contributed by atoms with Crippen LogP contribution in [0.4, 0.5) is 10.1 Å². The van der Waals surface area contributed by atoms with E-state index in [2.05, 4.69) is 15.3 Å². The Bertz CT molecular complexity index is 1290. The average Bonchev–Trinajstić information content (AvgIpc) is 3.18. The second-order valence-corrected chi connectivity index (χ2v) is 7.16. The van der Waals surface area contributed by atoms with E-state index in [0.29, 0.717) is 22.7 Å². The summed E-state index contributed by atoms with van der Waals surface area (Å²) < 4.78 is 22.0. The minimum Gasteiger partial charge on any atom is -0.485 e. The van der Waals surface area contributed by atoms with Gasteiger partial charge in [-0.1, -0.05) is 12.1 Å². The van der Waals surface area contributed by atoms with E-state index in [4.69, 9.17) is 4.74 Å². The van der Waals surface area contributed by atoms with E-state index in [-0.39, 0.29) is 24.0 Å². The molecule has 0 aliphatic rings. The van der Waals surface area contributed by atoms with Crippen molar-refractivity contribution >= 4 is 17.4 Å². The first-order valence-corrected chi connectivity index (χ1v) is 9.67. The monoisotopic (exact) mass is 421 g/mol. The van der Waals surface area contributed by atoms with Crippen LogP contribution in [-0.2, 0) is 6.61 Å². The Hall–Kier alpha value is -4.01. The normalized spacial score (nSPS) is 11.1. The molecule has 2 aromatic heterocycles. The van der Waals surface area contributed by atoms with E-state index in [1.807, 2.05) is 13.8 Å². The lowest BCUT2D eigenvalue weighted by Gasteiger charge is -2.13. The van der Waals surface area contributed by atoms with Gasteiger partial charge in [-0.3, -0.25) is 14.3 Å². The van der Waals surface area contributed by atoms with Crippen molar-refractivity contribution in [1.29, 1.82) is 0 Å². The largest absolute Gasteiger partial charge is 0.485 e. The van der Waals surface area contributed by atoms with Gasteiger partial charge in [0.05, 0.1) is 11.4 Å². The maximum atomic E-state index is 13.1. The third-order valence-corrected chi connectivity index (χ3v) is 4.60. The van der Waals surface area contributed by atoms with Crippen molar-refractivity contribution in [3.63, 3.8) is 0 Å². The fourth-order valence-electron chi connectivity index (χ4n) is 3.05. The molecule has 1 N–H and O–H groups in total. The van der Waals surface area contributed by atoms with E-state index < -0.39 is 11.7 Å². The Morgan fingerprint density at radius 3 is 2.65 bits per heavy atom. The molecule has 2 aromatic carbocycles. The van der Waals surface area contributed by atoms with Crippen LogP contribution in [-0.4, -0.2) is 25.1 Å². The molecule has 0 spiro atoms. The second-order valence-electron chi connectivity index (χ2n) is 7.16. The van der Waals surface area contributed by atoms with Gasteiger partial charge < -0.3 is 10.1 Å². The first-order valence-electron chi connectivity index (χ1n) is 9.67. The Kier molecular flexibility index (Phi) is 5.48. The maximum Gasteiger partial charge on any atom is 0.274 e. The zero-order valence-corrected chi connectivity index (χ0v) is 16.9. The minimum atomic E-state index is -0.418. The van der Waals surface area contributed by atoms with Crippen LogP contribution in [0.5, 0.6) is 5.75 Å². The number of nitrogens with zero attached hydrogens (tertiary/aromatic N) is 4. The molecule has 0 fully saturated rings. The number of nitrogens with one attached hydrogen (secondary N) is 1. The first kappa shape index (κ1) is 20.3. The zero-order valence-electron chi connectivity index (χ0n) is 16.9.